The predicted molar refractivity (Wildman–Crippen MR) is 129 cm³/mol. The molecule has 2 aliphatic carbocycles. The molecule has 0 bridgehead atoms. The van der Waals surface area contributed by atoms with Crippen LogP contribution in [0.15, 0.2) is 35.1 Å². The molecule has 4 rings (SSSR count). The Kier molecular flexibility index (Phi) is 7.63. The van der Waals surface area contributed by atoms with Gasteiger partial charge >= 0.3 is 5.97 Å². The molecule has 0 unspecified atom stereocenters. The largest absolute Gasteiger partial charge is 0.424 e. The van der Waals surface area contributed by atoms with Crippen LogP contribution < -0.4 is 15.6 Å². The van der Waals surface area contributed by atoms with Crippen LogP contribution in [0.3, 0.4) is 0 Å². The predicted octanol–water partition coefficient (Wildman–Crippen LogP) is 5.27. The summed E-state index contributed by atoms with van der Waals surface area (Å²) in [6.07, 6.45) is 12.3. The van der Waals surface area contributed by atoms with E-state index in [-0.39, 0.29) is 16.9 Å². The summed E-state index contributed by atoms with van der Waals surface area (Å²) in [5.74, 6) is -0.157. The number of aryl methyl sites for hydroxylation is 1. The Morgan fingerprint density at radius 2 is 1.70 bits per heavy atom. The van der Waals surface area contributed by atoms with Gasteiger partial charge in [-0.2, -0.15) is 0 Å². The van der Waals surface area contributed by atoms with Gasteiger partial charge in [0.15, 0.2) is 5.75 Å². The lowest BCUT2D eigenvalue weighted by Crippen LogP contribution is -2.35. The van der Waals surface area contributed by atoms with Gasteiger partial charge in [0.25, 0.3) is 11.5 Å². The Morgan fingerprint density at radius 1 is 1.00 bits per heavy atom. The van der Waals surface area contributed by atoms with Crippen molar-refractivity contribution < 1.29 is 14.3 Å². The zero-order valence-electron chi connectivity index (χ0n) is 19.5. The van der Waals surface area contributed by atoms with E-state index in [0.717, 1.165) is 49.8 Å². The summed E-state index contributed by atoms with van der Waals surface area (Å²) < 4.78 is 7.14. The van der Waals surface area contributed by atoms with Crippen LogP contribution in [-0.2, 0) is 24.2 Å². The van der Waals surface area contributed by atoms with E-state index in [1.54, 1.807) is 24.3 Å². The number of fused-ring (bicyclic) bond motifs is 1. The molecule has 33 heavy (non-hydrogen) atoms. The highest BCUT2D eigenvalue weighted by atomic mass is 16.5. The molecule has 1 saturated carbocycles. The zero-order chi connectivity index (χ0) is 23.2. The van der Waals surface area contributed by atoms with Gasteiger partial charge in [0.2, 0.25) is 0 Å². The molecule has 2 aliphatic rings. The van der Waals surface area contributed by atoms with E-state index in [0.29, 0.717) is 18.2 Å². The van der Waals surface area contributed by atoms with Crippen LogP contribution in [0.1, 0.15) is 86.3 Å². The van der Waals surface area contributed by atoms with Gasteiger partial charge in [-0.25, -0.2) is 0 Å². The fourth-order valence-corrected chi connectivity index (χ4v) is 5.22. The number of amides is 1. The van der Waals surface area contributed by atoms with Crippen molar-refractivity contribution in [3.8, 4) is 5.75 Å². The van der Waals surface area contributed by atoms with Crippen LogP contribution in [0.2, 0.25) is 0 Å². The Labute approximate surface area is 195 Å². The van der Waals surface area contributed by atoms with Crippen molar-refractivity contribution >= 4 is 17.6 Å². The summed E-state index contributed by atoms with van der Waals surface area (Å²) in [7, 11) is 0. The van der Waals surface area contributed by atoms with Crippen molar-refractivity contribution in [3.63, 3.8) is 0 Å². The maximum atomic E-state index is 13.6. The lowest BCUT2D eigenvalue weighted by Gasteiger charge is -2.26. The van der Waals surface area contributed by atoms with Crippen molar-refractivity contribution in [1.29, 1.82) is 0 Å². The minimum absolute atomic E-state index is 0.169. The smallest absolute Gasteiger partial charge is 0.308 e. The quantitative estimate of drug-likeness (QED) is 0.498. The number of hydrogen-bond donors (Lipinski definition) is 1. The monoisotopic (exact) mass is 450 g/mol. The number of pyridine rings is 1. The van der Waals surface area contributed by atoms with Crippen LogP contribution in [0.4, 0.5) is 5.69 Å². The van der Waals surface area contributed by atoms with E-state index in [1.165, 1.54) is 39.0 Å². The molecule has 1 aromatic heterocycles. The number of benzene rings is 1. The Bertz CT molecular complexity index is 1070. The first-order valence-corrected chi connectivity index (χ1v) is 12.4. The fourth-order valence-electron chi connectivity index (χ4n) is 5.22. The van der Waals surface area contributed by atoms with Gasteiger partial charge in [-0.3, -0.25) is 14.4 Å². The number of para-hydroxylation sites is 2. The van der Waals surface area contributed by atoms with Gasteiger partial charge in [-0.1, -0.05) is 44.2 Å². The normalized spacial score (nSPS) is 16.9. The molecule has 2 aromatic rings. The molecular formula is C27H34N2O4. The second-order valence-corrected chi connectivity index (χ2v) is 9.41. The van der Waals surface area contributed by atoms with Gasteiger partial charge in [-0.15, -0.1) is 0 Å². The highest BCUT2D eigenvalue weighted by molar-refractivity contribution is 6.05. The Balaban J connectivity index is 1.69. The van der Waals surface area contributed by atoms with Gasteiger partial charge in [0, 0.05) is 19.2 Å². The molecule has 176 valence electrons. The summed E-state index contributed by atoms with van der Waals surface area (Å²) in [6, 6.07) is 8.59. The molecule has 1 aromatic carbocycles. The number of rotatable bonds is 5. The first-order chi connectivity index (χ1) is 16.0. The van der Waals surface area contributed by atoms with Crippen LogP contribution in [0, 0.1) is 5.92 Å². The third kappa shape index (κ3) is 5.73. The first kappa shape index (κ1) is 23.3. The number of nitrogens with zero attached hydrogens (tertiary/aromatic N) is 1. The van der Waals surface area contributed by atoms with E-state index in [9.17, 15) is 14.4 Å². The van der Waals surface area contributed by atoms with Crippen molar-refractivity contribution in [2.24, 2.45) is 5.92 Å². The number of carbonyl (C=O) groups is 2. The highest BCUT2D eigenvalue weighted by Gasteiger charge is 2.23. The maximum Gasteiger partial charge on any atom is 0.308 e. The van der Waals surface area contributed by atoms with E-state index in [2.05, 4.69) is 5.32 Å². The molecule has 1 N–H and O–H groups in total. The number of nitrogens with one attached hydrogen (secondary N) is 1. The third-order valence-corrected chi connectivity index (χ3v) is 6.90. The number of ether oxygens (including phenoxy) is 1. The molecule has 1 amide bonds. The summed E-state index contributed by atoms with van der Waals surface area (Å²) in [5, 5.41) is 2.81. The van der Waals surface area contributed by atoms with Crippen molar-refractivity contribution in [3.05, 3.63) is 57.5 Å². The van der Waals surface area contributed by atoms with Crippen molar-refractivity contribution in [2.45, 2.75) is 84.1 Å². The highest BCUT2D eigenvalue weighted by Crippen LogP contribution is 2.28. The maximum absolute atomic E-state index is 13.6. The van der Waals surface area contributed by atoms with Crippen LogP contribution >= 0.6 is 0 Å². The average Bonchev–Trinajstić information content (AvgIpc) is 2.78. The molecular weight excluding hydrogens is 416 g/mol. The van der Waals surface area contributed by atoms with Gasteiger partial charge < -0.3 is 14.6 Å². The van der Waals surface area contributed by atoms with Gasteiger partial charge in [-0.05, 0) is 68.2 Å². The Hall–Kier alpha value is -2.89. The molecule has 0 spiro atoms. The zero-order valence-corrected chi connectivity index (χ0v) is 19.5. The van der Waals surface area contributed by atoms with Gasteiger partial charge in [0.05, 0.1) is 5.69 Å². The lowest BCUT2D eigenvalue weighted by molar-refractivity contribution is -0.131. The third-order valence-electron chi connectivity index (χ3n) is 6.90. The fraction of sp³-hybridized carbons (Fsp3) is 0.519. The van der Waals surface area contributed by atoms with E-state index in [4.69, 9.17) is 4.74 Å². The second-order valence-electron chi connectivity index (χ2n) is 9.41. The first-order valence-electron chi connectivity index (χ1n) is 12.4. The number of anilines is 1. The van der Waals surface area contributed by atoms with E-state index >= 15 is 0 Å². The molecule has 0 saturated heterocycles. The molecule has 6 heteroatoms. The average molecular weight is 451 g/mol. The molecule has 0 atom stereocenters. The minimum atomic E-state index is -0.465. The molecule has 1 heterocycles. The summed E-state index contributed by atoms with van der Waals surface area (Å²) >= 11 is 0. The minimum Gasteiger partial charge on any atom is -0.424 e. The summed E-state index contributed by atoms with van der Waals surface area (Å²) in [6.45, 7) is 2.02. The van der Waals surface area contributed by atoms with Gasteiger partial charge in [0.1, 0.15) is 5.56 Å². The van der Waals surface area contributed by atoms with Crippen LogP contribution in [0.5, 0.6) is 5.75 Å². The second kappa shape index (κ2) is 10.8. The topological polar surface area (TPSA) is 77.4 Å². The standard InChI is InChI=1S/C27H34N2O4/c1-19(30)33-25-16-10-9-14-23(25)28-26(31)22-17-21-13-7-2-3-8-15-24(21)29(27(22)32)18-20-11-5-4-6-12-20/h9-10,14,16-17,20H,2-8,11-13,15,18H2,1H3,(H,28,31). The number of carbonyl (C=O) groups excluding carboxylic acids is 2. The molecule has 1 fully saturated rings. The van der Waals surface area contributed by atoms with E-state index in [1.807, 2.05) is 10.6 Å². The number of hydrogen-bond acceptors (Lipinski definition) is 4. The Morgan fingerprint density at radius 3 is 2.45 bits per heavy atom. The van der Waals surface area contributed by atoms with Crippen LogP contribution in [0.25, 0.3) is 0 Å². The van der Waals surface area contributed by atoms with E-state index < -0.39 is 11.9 Å². The number of aromatic nitrogens is 1. The summed E-state index contributed by atoms with van der Waals surface area (Å²) in [5.41, 5.74) is 2.60. The van der Waals surface area contributed by atoms with Crippen molar-refractivity contribution in [1.82, 2.24) is 4.57 Å². The molecule has 0 aliphatic heterocycles. The van der Waals surface area contributed by atoms with Crippen molar-refractivity contribution in [2.75, 3.05) is 5.32 Å². The summed E-state index contributed by atoms with van der Waals surface area (Å²) in [4.78, 5) is 38.4. The molecule has 0 radical (unpaired) electrons. The number of esters is 1. The lowest BCUT2D eigenvalue weighted by atomic mass is 9.88. The molecule has 6 nitrogen and oxygen atoms in total. The van der Waals surface area contributed by atoms with Crippen LogP contribution in [-0.4, -0.2) is 16.4 Å². The SMILES string of the molecule is CC(=O)Oc1ccccc1NC(=O)c1cc2c(n(CC3CCCCC3)c1=O)CCCCCC2.